The molecule has 0 spiro atoms. The SMILES string of the molecule is CNc1cc(-c2cc3ccc(=O)[nH]c3nc2-c2ccc(C(F)(F)F)c(C#N)c2)ccn1. The summed E-state index contributed by atoms with van der Waals surface area (Å²) in [5.74, 6) is 0.593. The molecular weight excluding hydrogens is 407 g/mol. The van der Waals surface area contributed by atoms with E-state index < -0.39 is 17.3 Å². The Labute approximate surface area is 174 Å². The fourth-order valence-electron chi connectivity index (χ4n) is 3.29. The van der Waals surface area contributed by atoms with Crippen molar-refractivity contribution in [1.82, 2.24) is 15.0 Å². The van der Waals surface area contributed by atoms with Gasteiger partial charge in [0.15, 0.2) is 0 Å². The summed E-state index contributed by atoms with van der Waals surface area (Å²) in [4.78, 5) is 23.1. The van der Waals surface area contributed by atoms with Crippen LogP contribution in [0.5, 0.6) is 0 Å². The molecule has 1 aromatic carbocycles. The first-order chi connectivity index (χ1) is 14.8. The molecule has 31 heavy (non-hydrogen) atoms. The van der Waals surface area contributed by atoms with E-state index in [1.165, 1.54) is 12.1 Å². The number of benzene rings is 1. The fraction of sp³-hybridized carbons (Fsp3) is 0.0909. The van der Waals surface area contributed by atoms with Gasteiger partial charge in [0.2, 0.25) is 5.56 Å². The molecule has 0 radical (unpaired) electrons. The average Bonchev–Trinajstić information content (AvgIpc) is 2.77. The molecule has 0 bridgehead atoms. The highest BCUT2D eigenvalue weighted by atomic mass is 19.4. The number of nitriles is 1. The third-order valence-electron chi connectivity index (χ3n) is 4.75. The van der Waals surface area contributed by atoms with E-state index in [4.69, 9.17) is 0 Å². The zero-order chi connectivity index (χ0) is 22.2. The maximum absolute atomic E-state index is 13.2. The van der Waals surface area contributed by atoms with Crippen LogP contribution in [0.1, 0.15) is 11.1 Å². The van der Waals surface area contributed by atoms with E-state index in [2.05, 4.69) is 20.3 Å². The van der Waals surface area contributed by atoms with E-state index >= 15 is 0 Å². The van der Waals surface area contributed by atoms with Gasteiger partial charge in [-0.1, -0.05) is 6.07 Å². The second-order valence-corrected chi connectivity index (χ2v) is 6.69. The number of nitrogens with one attached hydrogen (secondary N) is 2. The summed E-state index contributed by atoms with van der Waals surface area (Å²) in [6.45, 7) is 0. The Bertz CT molecular complexity index is 1400. The van der Waals surface area contributed by atoms with Gasteiger partial charge in [0.05, 0.1) is 22.9 Å². The van der Waals surface area contributed by atoms with Crippen LogP contribution in [-0.4, -0.2) is 22.0 Å². The third kappa shape index (κ3) is 3.83. The van der Waals surface area contributed by atoms with Crippen molar-refractivity contribution in [2.24, 2.45) is 0 Å². The minimum atomic E-state index is -4.65. The molecule has 9 heteroatoms. The maximum atomic E-state index is 13.2. The predicted octanol–water partition coefficient (Wildman–Crippen LogP) is 4.58. The second-order valence-electron chi connectivity index (χ2n) is 6.69. The van der Waals surface area contributed by atoms with Crippen LogP contribution in [0, 0.1) is 11.3 Å². The van der Waals surface area contributed by atoms with Crippen molar-refractivity contribution in [3.8, 4) is 28.5 Å². The highest BCUT2D eigenvalue weighted by Crippen LogP contribution is 2.37. The Morgan fingerprint density at radius 2 is 1.87 bits per heavy atom. The summed E-state index contributed by atoms with van der Waals surface area (Å²) >= 11 is 0. The van der Waals surface area contributed by atoms with Crippen LogP contribution in [0.25, 0.3) is 33.4 Å². The summed E-state index contributed by atoms with van der Waals surface area (Å²) in [6, 6.07) is 13.2. The van der Waals surface area contributed by atoms with Crippen LogP contribution in [0.4, 0.5) is 19.0 Å². The highest BCUT2D eigenvalue weighted by Gasteiger charge is 2.33. The van der Waals surface area contributed by atoms with Gasteiger partial charge >= 0.3 is 6.18 Å². The molecule has 3 heterocycles. The number of nitrogens with zero attached hydrogens (tertiary/aromatic N) is 3. The zero-order valence-electron chi connectivity index (χ0n) is 16.1. The van der Waals surface area contributed by atoms with Crippen molar-refractivity contribution in [2.75, 3.05) is 12.4 Å². The average molecular weight is 421 g/mol. The molecule has 2 N–H and O–H groups in total. The first-order valence-corrected chi connectivity index (χ1v) is 9.10. The zero-order valence-corrected chi connectivity index (χ0v) is 16.1. The van der Waals surface area contributed by atoms with E-state index in [9.17, 15) is 23.2 Å². The number of aromatic nitrogens is 3. The van der Waals surface area contributed by atoms with Gasteiger partial charge in [-0.2, -0.15) is 18.4 Å². The van der Waals surface area contributed by atoms with Gasteiger partial charge in [-0.3, -0.25) is 4.79 Å². The molecule has 6 nitrogen and oxygen atoms in total. The number of H-pyrrole nitrogens is 1. The maximum Gasteiger partial charge on any atom is 0.417 e. The standard InChI is InChI=1S/C22H14F3N5O/c1-27-18-10-12(6-7-28-18)16-9-14-3-5-19(31)29-21(14)30-20(16)13-2-4-17(22(23,24)25)15(8-13)11-26/h2-10H,1H3,(H,27,28)(H,29,30,31). The van der Waals surface area contributed by atoms with Crippen molar-refractivity contribution in [1.29, 1.82) is 5.26 Å². The van der Waals surface area contributed by atoms with Crippen LogP contribution in [0.15, 0.2) is 59.5 Å². The molecule has 0 unspecified atom stereocenters. The lowest BCUT2D eigenvalue weighted by Gasteiger charge is -2.14. The van der Waals surface area contributed by atoms with E-state index in [1.54, 1.807) is 43.6 Å². The number of pyridine rings is 3. The van der Waals surface area contributed by atoms with Crippen LogP contribution >= 0.6 is 0 Å². The van der Waals surface area contributed by atoms with Gasteiger partial charge in [-0.25, -0.2) is 9.97 Å². The van der Waals surface area contributed by atoms with Crippen LogP contribution in [0.2, 0.25) is 0 Å². The fourth-order valence-corrected chi connectivity index (χ4v) is 3.29. The van der Waals surface area contributed by atoms with Gasteiger partial charge in [0.25, 0.3) is 0 Å². The number of halogens is 3. The highest BCUT2D eigenvalue weighted by molar-refractivity contribution is 5.90. The topological polar surface area (TPSA) is 94.5 Å². The molecular formula is C22H14F3N5O. The second kappa shape index (κ2) is 7.57. The van der Waals surface area contributed by atoms with E-state index in [-0.39, 0.29) is 11.2 Å². The number of fused-ring (bicyclic) bond motifs is 1. The lowest BCUT2D eigenvalue weighted by Crippen LogP contribution is -2.08. The van der Waals surface area contributed by atoms with Crippen molar-refractivity contribution in [2.45, 2.75) is 6.18 Å². The van der Waals surface area contributed by atoms with Crippen LogP contribution in [-0.2, 0) is 6.18 Å². The van der Waals surface area contributed by atoms with Gasteiger partial charge in [0, 0.05) is 35.8 Å². The minimum Gasteiger partial charge on any atom is -0.373 e. The number of anilines is 1. The largest absolute Gasteiger partial charge is 0.417 e. The van der Waals surface area contributed by atoms with Crippen molar-refractivity contribution >= 4 is 16.9 Å². The monoisotopic (exact) mass is 421 g/mol. The number of rotatable bonds is 3. The smallest absolute Gasteiger partial charge is 0.373 e. The normalized spacial score (nSPS) is 11.3. The molecule has 0 fully saturated rings. The Balaban J connectivity index is 2.02. The Kier molecular flexibility index (Phi) is 4.91. The van der Waals surface area contributed by atoms with Gasteiger partial charge in [-0.05, 0) is 42.0 Å². The molecule has 0 saturated heterocycles. The molecule has 154 valence electrons. The summed E-state index contributed by atoms with van der Waals surface area (Å²) < 4.78 is 39.7. The van der Waals surface area contributed by atoms with Crippen molar-refractivity contribution in [3.63, 3.8) is 0 Å². The predicted molar refractivity (Wildman–Crippen MR) is 110 cm³/mol. The van der Waals surface area contributed by atoms with E-state index in [0.717, 1.165) is 12.1 Å². The van der Waals surface area contributed by atoms with Crippen molar-refractivity contribution < 1.29 is 13.2 Å². The molecule has 4 aromatic rings. The lowest BCUT2D eigenvalue weighted by atomic mass is 9.96. The minimum absolute atomic E-state index is 0.285. The quantitative estimate of drug-likeness (QED) is 0.505. The Hall–Kier alpha value is -4.19. The first-order valence-electron chi connectivity index (χ1n) is 9.10. The summed E-state index contributed by atoms with van der Waals surface area (Å²) in [5.41, 5.74) is 0.371. The Morgan fingerprint density at radius 1 is 1.06 bits per heavy atom. The lowest BCUT2D eigenvalue weighted by molar-refractivity contribution is -0.137. The molecule has 0 aliphatic carbocycles. The van der Waals surface area contributed by atoms with Crippen LogP contribution < -0.4 is 10.9 Å². The molecule has 0 atom stereocenters. The summed E-state index contributed by atoms with van der Waals surface area (Å²) in [7, 11) is 1.71. The molecule has 3 aromatic heterocycles. The number of alkyl halides is 3. The van der Waals surface area contributed by atoms with Gasteiger partial charge < -0.3 is 10.3 Å². The molecule has 0 aliphatic heterocycles. The van der Waals surface area contributed by atoms with Gasteiger partial charge in [-0.15, -0.1) is 0 Å². The molecule has 4 rings (SSSR count). The molecule has 0 amide bonds. The van der Waals surface area contributed by atoms with Crippen molar-refractivity contribution in [3.05, 3.63) is 76.2 Å². The molecule has 0 saturated carbocycles. The summed E-state index contributed by atoms with van der Waals surface area (Å²) in [6.07, 6.45) is -3.06. The number of hydrogen-bond donors (Lipinski definition) is 2. The Morgan fingerprint density at radius 3 is 2.58 bits per heavy atom. The van der Waals surface area contributed by atoms with E-state index in [0.29, 0.717) is 33.6 Å². The summed E-state index contributed by atoms with van der Waals surface area (Å²) in [5, 5.41) is 12.9. The third-order valence-corrected chi connectivity index (χ3v) is 4.75. The number of hydrogen-bond acceptors (Lipinski definition) is 5. The molecule has 0 aliphatic rings. The first kappa shape index (κ1) is 20.1. The number of aromatic amines is 1. The van der Waals surface area contributed by atoms with Gasteiger partial charge in [0.1, 0.15) is 11.5 Å². The van der Waals surface area contributed by atoms with E-state index in [1.807, 2.05) is 0 Å². The van der Waals surface area contributed by atoms with Crippen LogP contribution in [0.3, 0.4) is 0 Å².